The summed E-state index contributed by atoms with van der Waals surface area (Å²) in [6, 6.07) is 12.8. The smallest absolute Gasteiger partial charge is 0.259 e. The molecular weight excluding hydrogens is 392 g/mol. The van der Waals surface area contributed by atoms with Crippen LogP contribution in [0.2, 0.25) is 0 Å². The third-order valence-electron chi connectivity index (χ3n) is 5.95. The van der Waals surface area contributed by atoms with Gasteiger partial charge in [-0.05, 0) is 55.9 Å². The van der Waals surface area contributed by atoms with E-state index >= 15 is 0 Å². The third kappa shape index (κ3) is 4.53. The second-order valence-electron chi connectivity index (χ2n) is 8.55. The summed E-state index contributed by atoms with van der Waals surface area (Å²) >= 11 is 0. The Morgan fingerprint density at radius 2 is 1.90 bits per heavy atom. The van der Waals surface area contributed by atoms with Crippen LogP contribution in [-0.4, -0.2) is 38.1 Å². The van der Waals surface area contributed by atoms with Gasteiger partial charge in [0.25, 0.3) is 5.91 Å². The molecule has 0 radical (unpaired) electrons. The first-order chi connectivity index (χ1) is 14.8. The Kier molecular flexibility index (Phi) is 6.88. The zero-order valence-corrected chi connectivity index (χ0v) is 19.0. The molecule has 0 aliphatic carbocycles. The summed E-state index contributed by atoms with van der Waals surface area (Å²) in [6.07, 6.45) is 2.01. The maximum absolute atomic E-state index is 13.8. The molecule has 1 atom stereocenters. The minimum Gasteiger partial charge on any atom is -0.497 e. The van der Waals surface area contributed by atoms with Gasteiger partial charge in [0, 0.05) is 18.2 Å². The quantitative estimate of drug-likeness (QED) is 0.723. The zero-order valence-electron chi connectivity index (χ0n) is 19.0. The zero-order chi connectivity index (χ0) is 22.6. The molecule has 1 heterocycles. The molecule has 0 saturated carbocycles. The molecule has 1 N–H and O–H groups in total. The molecule has 6 nitrogen and oxygen atoms in total. The minimum atomic E-state index is -1.07. The van der Waals surface area contributed by atoms with Gasteiger partial charge in [0.05, 0.1) is 19.9 Å². The maximum atomic E-state index is 13.8. The number of hydrogen-bond acceptors (Lipinski definition) is 4. The molecule has 0 aromatic heterocycles. The first kappa shape index (κ1) is 22.7. The van der Waals surface area contributed by atoms with E-state index < -0.39 is 5.54 Å². The Morgan fingerprint density at radius 1 is 1.16 bits per heavy atom. The molecule has 31 heavy (non-hydrogen) atoms. The van der Waals surface area contributed by atoms with Gasteiger partial charge in [-0.2, -0.15) is 0 Å². The van der Waals surface area contributed by atoms with Crippen molar-refractivity contribution in [1.29, 1.82) is 0 Å². The fourth-order valence-corrected chi connectivity index (χ4v) is 4.01. The largest absolute Gasteiger partial charge is 0.497 e. The molecule has 6 heteroatoms. The molecule has 0 bridgehead atoms. The lowest BCUT2D eigenvalue weighted by molar-refractivity contribution is -0.126. The molecule has 1 aliphatic rings. The topological polar surface area (TPSA) is 67.9 Å². The van der Waals surface area contributed by atoms with Crippen molar-refractivity contribution >= 4 is 17.5 Å². The number of carbonyl (C=O) groups excluding carboxylic acids is 2. The van der Waals surface area contributed by atoms with E-state index in [0.29, 0.717) is 48.1 Å². The fourth-order valence-electron chi connectivity index (χ4n) is 4.01. The molecule has 0 spiro atoms. The molecule has 3 rings (SSSR count). The Bertz CT molecular complexity index is 956. The second kappa shape index (κ2) is 9.41. The number of nitrogens with one attached hydrogen (secondary N) is 1. The Hall–Kier alpha value is -3.02. The Balaban J connectivity index is 2.10. The van der Waals surface area contributed by atoms with Gasteiger partial charge in [-0.1, -0.05) is 32.0 Å². The van der Waals surface area contributed by atoms with Gasteiger partial charge in [0.15, 0.2) is 0 Å². The van der Waals surface area contributed by atoms with Gasteiger partial charge in [-0.15, -0.1) is 0 Å². The average molecular weight is 425 g/mol. The summed E-state index contributed by atoms with van der Waals surface area (Å²) in [4.78, 5) is 28.9. The van der Waals surface area contributed by atoms with Crippen LogP contribution in [0.5, 0.6) is 11.5 Å². The van der Waals surface area contributed by atoms with Crippen LogP contribution in [0.25, 0.3) is 0 Å². The van der Waals surface area contributed by atoms with E-state index in [9.17, 15) is 9.59 Å². The van der Waals surface area contributed by atoms with Crippen molar-refractivity contribution in [2.75, 3.05) is 25.7 Å². The number of amides is 2. The van der Waals surface area contributed by atoms with Crippen LogP contribution >= 0.6 is 0 Å². The van der Waals surface area contributed by atoms with Crippen LogP contribution in [0.3, 0.4) is 0 Å². The lowest BCUT2D eigenvalue weighted by Crippen LogP contribution is -2.59. The monoisotopic (exact) mass is 424 g/mol. The fraction of sp³-hybridized carbons (Fsp3) is 0.440. The number of ether oxygens (including phenoxy) is 2. The summed E-state index contributed by atoms with van der Waals surface area (Å²) in [5.74, 6) is 1.20. The predicted molar refractivity (Wildman–Crippen MR) is 122 cm³/mol. The summed E-state index contributed by atoms with van der Waals surface area (Å²) < 4.78 is 10.9. The SMILES string of the molecule is COc1ccc(N2C(=O)c3ccccc3CCC2(C)C(=O)NCCC(C)C)c(OC)c1. The molecule has 0 fully saturated rings. The summed E-state index contributed by atoms with van der Waals surface area (Å²) in [5, 5.41) is 3.06. The number of nitrogens with zero attached hydrogens (tertiary/aromatic N) is 1. The number of hydrogen-bond donors (Lipinski definition) is 1. The Labute approximate surface area is 184 Å². The van der Waals surface area contributed by atoms with Gasteiger partial charge < -0.3 is 14.8 Å². The number of carbonyl (C=O) groups is 2. The molecule has 2 aromatic carbocycles. The number of fused-ring (bicyclic) bond motifs is 1. The van der Waals surface area contributed by atoms with E-state index in [1.54, 1.807) is 37.3 Å². The van der Waals surface area contributed by atoms with Gasteiger partial charge in [-0.25, -0.2) is 0 Å². The van der Waals surface area contributed by atoms with E-state index in [1.807, 2.05) is 31.2 Å². The van der Waals surface area contributed by atoms with E-state index in [0.717, 1.165) is 12.0 Å². The summed E-state index contributed by atoms with van der Waals surface area (Å²) in [5.41, 5.74) is 1.03. The number of aryl methyl sites for hydroxylation is 1. The lowest BCUT2D eigenvalue weighted by atomic mass is 9.91. The highest BCUT2D eigenvalue weighted by atomic mass is 16.5. The molecule has 1 unspecified atom stereocenters. The van der Waals surface area contributed by atoms with Crippen LogP contribution in [-0.2, 0) is 11.2 Å². The Morgan fingerprint density at radius 3 is 2.58 bits per heavy atom. The maximum Gasteiger partial charge on any atom is 0.259 e. The van der Waals surface area contributed by atoms with Crippen molar-refractivity contribution in [3.05, 3.63) is 53.6 Å². The number of methoxy groups -OCH3 is 2. The van der Waals surface area contributed by atoms with E-state index in [4.69, 9.17) is 9.47 Å². The van der Waals surface area contributed by atoms with Crippen molar-refractivity contribution in [2.45, 2.75) is 45.6 Å². The minimum absolute atomic E-state index is 0.160. The molecule has 1 aliphatic heterocycles. The number of rotatable bonds is 7. The first-order valence-corrected chi connectivity index (χ1v) is 10.7. The van der Waals surface area contributed by atoms with Crippen LogP contribution in [0.15, 0.2) is 42.5 Å². The predicted octanol–water partition coefficient (Wildman–Crippen LogP) is 4.22. The molecular formula is C25H32N2O4. The van der Waals surface area contributed by atoms with Crippen LogP contribution in [0.4, 0.5) is 5.69 Å². The summed E-state index contributed by atoms with van der Waals surface area (Å²) in [7, 11) is 3.13. The van der Waals surface area contributed by atoms with Crippen LogP contribution < -0.4 is 19.7 Å². The highest BCUT2D eigenvalue weighted by molar-refractivity contribution is 6.13. The van der Waals surface area contributed by atoms with Crippen LogP contribution in [0, 0.1) is 5.92 Å². The van der Waals surface area contributed by atoms with Gasteiger partial charge in [0.2, 0.25) is 5.91 Å². The van der Waals surface area contributed by atoms with E-state index in [2.05, 4.69) is 19.2 Å². The first-order valence-electron chi connectivity index (χ1n) is 10.7. The van der Waals surface area contributed by atoms with Crippen molar-refractivity contribution in [3.63, 3.8) is 0 Å². The highest BCUT2D eigenvalue weighted by Crippen LogP contribution is 2.40. The molecule has 2 amide bonds. The summed E-state index contributed by atoms with van der Waals surface area (Å²) in [6.45, 7) is 6.65. The standard InChI is InChI=1S/C25H32N2O4/c1-17(2)13-15-26-24(29)25(3)14-12-18-8-6-7-9-20(18)23(28)27(25)21-11-10-19(30-4)16-22(21)31-5/h6-11,16-17H,12-15H2,1-5H3,(H,26,29). The van der Waals surface area contributed by atoms with Gasteiger partial charge in [0.1, 0.15) is 17.0 Å². The third-order valence-corrected chi connectivity index (χ3v) is 5.95. The lowest BCUT2D eigenvalue weighted by Gasteiger charge is -2.39. The number of benzene rings is 2. The van der Waals surface area contributed by atoms with E-state index in [-0.39, 0.29) is 11.8 Å². The van der Waals surface area contributed by atoms with Crippen molar-refractivity contribution in [3.8, 4) is 11.5 Å². The van der Waals surface area contributed by atoms with Gasteiger partial charge >= 0.3 is 0 Å². The average Bonchev–Trinajstić information content (AvgIpc) is 2.88. The molecule has 166 valence electrons. The molecule has 0 saturated heterocycles. The van der Waals surface area contributed by atoms with Crippen molar-refractivity contribution in [2.24, 2.45) is 5.92 Å². The van der Waals surface area contributed by atoms with Crippen molar-refractivity contribution < 1.29 is 19.1 Å². The van der Waals surface area contributed by atoms with E-state index in [1.165, 1.54) is 0 Å². The van der Waals surface area contributed by atoms with Crippen molar-refractivity contribution in [1.82, 2.24) is 5.32 Å². The highest BCUT2D eigenvalue weighted by Gasteiger charge is 2.46. The van der Waals surface area contributed by atoms with Gasteiger partial charge in [-0.3, -0.25) is 14.5 Å². The normalized spacial score (nSPS) is 18.4. The second-order valence-corrected chi connectivity index (χ2v) is 8.55. The van der Waals surface area contributed by atoms with Crippen LogP contribution in [0.1, 0.15) is 49.5 Å². The number of anilines is 1. The molecule has 2 aromatic rings.